The van der Waals surface area contributed by atoms with Gasteiger partial charge in [0, 0.05) is 12.7 Å². The number of aromatic nitrogens is 1. The van der Waals surface area contributed by atoms with Crippen LogP contribution < -0.4 is 11.1 Å². The van der Waals surface area contributed by atoms with Crippen LogP contribution >= 0.6 is 0 Å². The first-order valence-corrected chi connectivity index (χ1v) is 6.33. The zero-order valence-corrected chi connectivity index (χ0v) is 11.6. The Balaban J connectivity index is 1.92. The van der Waals surface area contributed by atoms with Crippen molar-refractivity contribution in [3.63, 3.8) is 0 Å². The van der Waals surface area contributed by atoms with E-state index in [9.17, 15) is 0 Å². The van der Waals surface area contributed by atoms with Gasteiger partial charge in [-0.1, -0.05) is 33.8 Å². The topological polar surface area (TPSA) is 63.3 Å². The third-order valence-electron chi connectivity index (χ3n) is 4.68. The zero-order valence-electron chi connectivity index (χ0n) is 11.6. The van der Waals surface area contributed by atoms with Crippen LogP contribution in [0, 0.1) is 16.7 Å². The van der Waals surface area contributed by atoms with E-state index in [2.05, 4.69) is 43.0 Å². The van der Waals surface area contributed by atoms with Gasteiger partial charge in [-0.2, -0.15) is 0 Å². The van der Waals surface area contributed by atoms with Crippen molar-refractivity contribution in [2.24, 2.45) is 27.5 Å². The summed E-state index contributed by atoms with van der Waals surface area (Å²) in [7, 11) is 0. The fraction of sp³-hybridized carbons (Fsp3) is 0.571. The van der Waals surface area contributed by atoms with Crippen LogP contribution in [0.5, 0.6) is 0 Å². The van der Waals surface area contributed by atoms with E-state index in [-0.39, 0.29) is 0 Å². The van der Waals surface area contributed by atoms with Crippen molar-refractivity contribution in [1.29, 1.82) is 0 Å². The monoisotopic (exact) mass is 246 g/mol. The minimum atomic E-state index is 0.349. The Morgan fingerprint density at radius 2 is 2.00 bits per heavy atom. The van der Waals surface area contributed by atoms with Gasteiger partial charge < -0.3 is 11.1 Å². The normalized spacial score (nSPS) is 21.7. The maximum absolute atomic E-state index is 5.86. The second-order valence-corrected chi connectivity index (χ2v) is 6.06. The number of nitrogens with one attached hydrogen (secondary N) is 1. The third-order valence-corrected chi connectivity index (χ3v) is 4.68. The molecule has 0 saturated heterocycles. The number of rotatable bonds is 3. The van der Waals surface area contributed by atoms with E-state index in [0.29, 0.717) is 22.7 Å². The van der Waals surface area contributed by atoms with Crippen molar-refractivity contribution >= 4 is 11.8 Å². The van der Waals surface area contributed by atoms with E-state index >= 15 is 0 Å². The Labute approximate surface area is 109 Å². The average molecular weight is 246 g/mol. The molecule has 98 valence electrons. The quantitative estimate of drug-likeness (QED) is 0.636. The first-order valence-electron chi connectivity index (χ1n) is 6.33. The van der Waals surface area contributed by atoms with E-state index in [4.69, 9.17) is 5.73 Å². The highest BCUT2D eigenvalue weighted by Gasteiger charge is 2.64. The molecule has 0 unspecified atom stereocenters. The van der Waals surface area contributed by atoms with Crippen molar-refractivity contribution in [3.05, 3.63) is 24.4 Å². The molecule has 1 aromatic rings. The van der Waals surface area contributed by atoms with Crippen molar-refractivity contribution in [2.75, 3.05) is 11.9 Å². The van der Waals surface area contributed by atoms with Crippen LogP contribution in [0.3, 0.4) is 0 Å². The van der Waals surface area contributed by atoms with Crippen molar-refractivity contribution in [2.45, 2.75) is 27.7 Å². The summed E-state index contributed by atoms with van der Waals surface area (Å²) in [6.07, 6.45) is 1.72. The molecule has 1 saturated carbocycles. The molecule has 18 heavy (non-hydrogen) atoms. The molecule has 1 aliphatic carbocycles. The number of hydrogen-bond acceptors (Lipinski definition) is 2. The lowest BCUT2D eigenvalue weighted by Crippen LogP contribution is -2.23. The zero-order chi connectivity index (χ0) is 13.4. The Morgan fingerprint density at radius 3 is 2.50 bits per heavy atom. The average Bonchev–Trinajstić information content (AvgIpc) is 2.68. The maximum atomic E-state index is 5.86. The highest BCUT2D eigenvalue weighted by Crippen LogP contribution is 2.68. The van der Waals surface area contributed by atoms with Crippen LogP contribution in [0.2, 0.25) is 0 Å². The summed E-state index contributed by atoms with van der Waals surface area (Å²) < 4.78 is 0. The van der Waals surface area contributed by atoms with E-state index in [1.165, 1.54) is 0 Å². The summed E-state index contributed by atoms with van der Waals surface area (Å²) >= 11 is 0. The maximum Gasteiger partial charge on any atom is 0.194 e. The Hall–Kier alpha value is -1.58. The first kappa shape index (κ1) is 12.9. The SMILES string of the molecule is CC1(C)C(CN=C(N)Nc2ccccn2)C1(C)C. The Kier molecular flexibility index (Phi) is 3.05. The predicted octanol–water partition coefficient (Wildman–Crippen LogP) is 2.49. The Bertz CT molecular complexity index is 434. The number of hydrogen-bond donors (Lipinski definition) is 2. The van der Waals surface area contributed by atoms with Gasteiger partial charge in [-0.05, 0) is 28.9 Å². The van der Waals surface area contributed by atoms with Crippen LogP contribution in [-0.4, -0.2) is 17.5 Å². The molecule has 1 heterocycles. The summed E-state index contributed by atoms with van der Waals surface area (Å²) in [6.45, 7) is 9.92. The van der Waals surface area contributed by atoms with Gasteiger partial charge in [0.05, 0.1) is 0 Å². The van der Waals surface area contributed by atoms with Gasteiger partial charge in [-0.15, -0.1) is 0 Å². The first-order chi connectivity index (χ1) is 8.35. The minimum absolute atomic E-state index is 0.349. The number of anilines is 1. The highest BCUT2D eigenvalue weighted by molar-refractivity contribution is 5.91. The number of pyridine rings is 1. The van der Waals surface area contributed by atoms with E-state index in [0.717, 1.165) is 12.4 Å². The second-order valence-electron chi connectivity index (χ2n) is 6.06. The summed E-state index contributed by atoms with van der Waals surface area (Å²) in [5.74, 6) is 1.76. The molecule has 2 rings (SSSR count). The van der Waals surface area contributed by atoms with E-state index in [1.54, 1.807) is 6.20 Å². The third kappa shape index (κ3) is 2.19. The summed E-state index contributed by atoms with van der Waals surface area (Å²) in [5.41, 5.74) is 6.56. The lowest BCUT2D eigenvalue weighted by molar-refractivity contribution is 0.457. The molecule has 0 atom stereocenters. The van der Waals surface area contributed by atoms with Crippen molar-refractivity contribution in [1.82, 2.24) is 4.98 Å². The summed E-state index contributed by atoms with van der Waals surface area (Å²) in [6, 6.07) is 5.65. The Morgan fingerprint density at radius 1 is 1.33 bits per heavy atom. The fourth-order valence-corrected chi connectivity index (χ4v) is 2.59. The van der Waals surface area contributed by atoms with Crippen LogP contribution in [0.1, 0.15) is 27.7 Å². The van der Waals surface area contributed by atoms with Crippen molar-refractivity contribution in [3.8, 4) is 0 Å². The molecule has 0 amide bonds. The number of nitrogens with two attached hydrogens (primary N) is 1. The number of aliphatic imine (C=N–C) groups is 1. The van der Waals surface area contributed by atoms with E-state index < -0.39 is 0 Å². The largest absolute Gasteiger partial charge is 0.370 e. The molecule has 1 aliphatic rings. The molecular weight excluding hydrogens is 224 g/mol. The molecular formula is C14H22N4. The highest BCUT2D eigenvalue weighted by atomic mass is 15.1. The molecule has 3 N–H and O–H groups in total. The predicted molar refractivity (Wildman–Crippen MR) is 75.4 cm³/mol. The molecule has 0 aliphatic heterocycles. The van der Waals surface area contributed by atoms with Crippen LogP contribution in [0.15, 0.2) is 29.4 Å². The van der Waals surface area contributed by atoms with Crippen molar-refractivity contribution < 1.29 is 0 Å². The molecule has 1 aromatic heterocycles. The van der Waals surface area contributed by atoms with Gasteiger partial charge in [0.15, 0.2) is 5.96 Å². The molecule has 1 fully saturated rings. The van der Waals surface area contributed by atoms with Gasteiger partial charge in [0.1, 0.15) is 5.82 Å². The number of guanidine groups is 1. The van der Waals surface area contributed by atoms with Crippen LogP contribution in [-0.2, 0) is 0 Å². The molecule has 4 heteroatoms. The minimum Gasteiger partial charge on any atom is -0.370 e. The van der Waals surface area contributed by atoms with Gasteiger partial charge in [-0.25, -0.2) is 4.98 Å². The number of nitrogens with zero attached hydrogens (tertiary/aromatic N) is 2. The summed E-state index contributed by atoms with van der Waals surface area (Å²) in [4.78, 5) is 8.56. The molecule has 0 spiro atoms. The standard InChI is InChI=1S/C14H22N4/c1-13(2)10(14(13,3)4)9-17-12(15)18-11-7-5-6-8-16-11/h5-8,10H,9H2,1-4H3,(H3,15,16,17,18). The van der Waals surface area contributed by atoms with Gasteiger partial charge >= 0.3 is 0 Å². The lowest BCUT2D eigenvalue weighted by atomic mass is 10.0. The van der Waals surface area contributed by atoms with E-state index in [1.807, 2.05) is 18.2 Å². The van der Waals surface area contributed by atoms with Gasteiger partial charge in [-0.3, -0.25) is 4.99 Å². The van der Waals surface area contributed by atoms with Gasteiger partial charge in [0.2, 0.25) is 0 Å². The molecule has 4 nitrogen and oxygen atoms in total. The molecule has 0 aromatic carbocycles. The lowest BCUT2D eigenvalue weighted by Gasteiger charge is -2.04. The second kappa shape index (κ2) is 4.26. The molecule has 0 bridgehead atoms. The van der Waals surface area contributed by atoms with Crippen LogP contribution in [0.25, 0.3) is 0 Å². The smallest absolute Gasteiger partial charge is 0.194 e. The van der Waals surface area contributed by atoms with Gasteiger partial charge in [0.25, 0.3) is 0 Å². The van der Waals surface area contributed by atoms with Crippen LogP contribution in [0.4, 0.5) is 5.82 Å². The fourth-order valence-electron chi connectivity index (χ4n) is 2.59. The summed E-state index contributed by atoms with van der Waals surface area (Å²) in [5, 5.41) is 3.00. The molecule has 0 radical (unpaired) electrons.